The Morgan fingerprint density at radius 3 is 2.67 bits per heavy atom. The topological polar surface area (TPSA) is 63.4 Å². The molecule has 2 unspecified atom stereocenters. The summed E-state index contributed by atoms with van der Waals surface area (Å²) in [6, 6.07) is 1.35. The number of halogens is 2. The van der Waals surface area contributed by atoms with Gasteiger partial charge in [-0.1, -0.05) is 23.2 Å². The molecule has 102 valence electrons. The van der Waals surface area contributed by atoms with Crippen molar-refractivity contribution in [2.24, 2.45) is 11.7 Å². The second kappa shape index (κ2) is 5.26. The quantitative estimate of drug-likeness (QED) is 0.926. The molecule has 4 nitrogen and oxygen atoms in total. The molecule has 1 aliphatic heterocycles. The van der Waals surface area contributed by atoms with Crippen LogP contribution in [0, 0.1) is 5.92 Å². The Hall–Kier alpha value is 0.150. The molecule has 18 heavy (non-hydrogen) atoms. The minimum absolute atomic E-state index is 0.0571. The molecule has 1 aromatic heterocycles. The van der Waals surface area contributed by atoms with Gasteiger partial charge >= 0.3 is 0 Å². The first-order valence-electron chi connectivity index (χ1n) is 5.53. The third kappa shape index (κ3) is 2.55. The molecule has 2 atom stereocenters. The lowest BCUT2D eigenvalue weighted by Gasteiger charge is -2.20. The van der Waals surface area contributed by atoms with E-state index in [1.165, 1.54) is 10.4 Å². The van der Waals surface area contributed by atoms with Crippen LogP contribution in [0.1, 0.15) is 13.3 Å². The van der Waals surface area contributed by atoms with Crippen molar-refractivity contribution in [1.82, 2.24) is 4.31 Å². The maximum atomic E-state index is 12.5. The number of hydrogen-bond donors (Lipinski definition) is 1. The Balaban J connectivity index is 2.35. The molecule has 2 rings (SSSR count). The summed E-state index contributed by atoms with van der Waals surface area (Å²) in [4.78, 5) is 0.101. The van der Waals surface area contributed by atoms with Crippen molar-refractivity contribution in [3.63, 3.8) is 0 Å². The van der Waals surface area contributed by atoms with Crippen LogP contribution >= 0.6 is 34.5 Å². The Bertz CT molecular complexity index is 544. The molecule has 0 radical (unpaired) electrons. The highest BCUT2D eigenvalue weighted by Gasteiger charge is 2.38. The molecule has 8 heteroatoms. The van der Waals surface area contributed by atoms with Crippen molar-refractivity contribution >= 4 is 44.6 Å². The molecule has 1 saturated heterocycles. The van der Waals surface area contributed by atoms with Gasteiger partial charge in [0.1, 0.15) is 9.23 Å². The lowest BCUT2D eigenvalue weighted by Crippen LogP contribution is -2.34. The third-order valence-corrected chi connectivity index (χ3v) is 6.88. The molecule has 0 aliphatic carbocycles. The molecule has 2 N–H and O–H groups in total. The van der Waals surface area contributed by atoms with Crippen molar-refractivity contribution < 1.29 is 8.42 Å². The Morgan fingerprint density at radius 1 is 1.56 bits per heavy atom. The van der Waals surface area contributed by atoms with Crippen molar-refractivity contribution in [3.05, 3.63) is 14.7 Å². The molecule has 0 bridgehead atoms. The predicted octanol–water partition coefficient (Wildman–Crippen LogP) is 2.41. The summed E-state index contributed by atoms with van der Waals surface area (Å²) in [7, 11) is -3.57. The van der Waals surface area contributed by atoms with Gasteiger partial charge in [-0.2, -0.15) is 4.31 Å². The van der Waals surface area contributed by atoms with Crippen LogP contribution in [0.15, 0.2) is 11.0 Å². The molecule has 0 aromatic carbocycles. The Kier molecular flexibility index (Phi) is 4.26. The molecular formula is C10H14Cl2N2O2S2. The van der Waals surface area contributed by atoms with Gasteiger partial charge in [-0.3, -0.25) is 0 Å². The average molecular weight is 329 g/mol. The van der Waals surface area contributed by atoms with Crippen LogP contribution < -0.4 is 5.73 Å². The van der Waals surface area contributed by atoms with E-state index < -0.39 is 10.0 Å². The van der Waals surface area contributed by atoms with Gasteiger partial charge in [0.15, 0.2) is 0 Å². The van der Waals surface area contributed by atoms with Gasteiger partial charge in [-0.05, 0) is 31.9 Å². The van der Waals surface area contributed by atoms with E-state index in [0.717, 1.165) is 17.8 Å². The van der Waals surface area contributed by atoms with Crippen LogP contribution in [-0.2, 0) is 10.0 Å². The summed E-state index contributed by atoms with van der Waals surface area (Å²) in [6.07, 6.45) is 0.783. The minimum Gasteiger partial charge on any atom is -0.330 e. The third-order valence-electron chi connectivity index (χ3n) is 3.15. The van der Waals surface area contributed by atoms with Crippen LogP contribution in [0.4, 0.5) is 0 Å². The highest BCUT2D eigenvalue weighted by molar-refractivity contribution is 7.89. The van der Waals surface area contributed by atoms with E-state index in [2.05, 4.69) is 0 Å². The Morgan fingerprint density at radius 2 is 2.22 bits per heavy atom. The van der Waals surface area contributed by atoms with Crippen molar-refractivity contribution in [2.75, 3.05) is 13.1 Å². The fraction of sp³-hybridized carbons (Fsp3) is 0.600. The van der Waals surface area contributed by atoms with Crippen LogP contribution in [0.3, 0.4) is 0 Å². The molecule has 1 fully saturated rings. The highest BCUT2D eigenvalue weighted by atomic mass is 35.5. The first-order chi connectivity index (χ1) is 8.36. The van der Waals surface area contributed by atoms with Gasteiger partial charge in [0.2, 0.25) is 10.0 Å². The molecule has 0 amide bonds. The summed E-state index contributed by atoms with van der Waals surface area (Å²) in [5.41, 5.74) is 5.61. The fourth-order valence-electron chi connectivity index (χ4n) is 2.24. The summed E-state index contributed by atoms with van der Waals surface area (Å²) >= 11 is 12.8. The Labute approximate surface area is 121 Å². The van der Waals surface area contributed by atoms with E-state index >= 15 is 0 Å². The molecule has 0 spiro atoms. The zero-order valence-corrected chi connectivity index (χ0v) is 12.9. The smallest absolute Gasteiger partial charge is 0.245 e. The zero-order chi connectivity index (χ0) is 13.5. The first-order valence-corrected chi connectivity index (χ1v) is 8.54. The van der Waals surface area contributed by atoms with E-state index in [9.17, 15) is 8.42 Å². The van der Waals surface area contributed by atoms with Crippen LogP contribution in [0.25, 0.3) is 0 Å². The lowest BCUT2D eigenvalue weighted by molar-refractivity contribution is 0.405. The molecule has 2 heterocycles. The van der Waals surface area contributed by atoms with Gasteiger partial charge in [0.05, 0.1) is 4.34 Å². The lowest BCUT2D eigenvalue weighted by atomic mass is 10.1. The number of hydrogen-bond acceptors (Lipinski definition) is 4. The average Bonchev–Trinajstić information content (AvgIpc) is 2.82. The van der Waals surface area contributed by atoms with Gasteiger partial charge in [0.25, 0.3) is 0 Å². The zero-order valence-electron chi connectivity index (χ0n) is 9.77. The summed E-state index contributed by atoms with van der Waals surface area (Å²) in [5, 5.41) is 0. The molecule has 1 aromatic rings. The summed E-state index contributed by atoms with van der Waals surface area (Å²) in [6.45, 7) is 2.83. The SMILES string of the molecule is CC1CC(CN)CN1S(=O)(=O)c1cc(Cl)sc1Cl. The molecule has 1 aliphatic rings. The monoisotopic (exact) mass is 328 g/mol. The number of rotatable bonds is 3. The van der Waals surface area contributed by atoms with E-state index in [0.29, 0.717) is 17.4 Å². The second-order valence-electron chi connectivity index (χ2n) is 4.45. The van der Waals surface area contributed by atoms with Crippen molar-refractivity contribution in [3.8, 4) is 0 Å². The van der Waals surface area contributed by atoms with E-state index in [1.54, 1.807) is 0 Å². The van der Waals surface area contributed by atoms with Crippen LogP contribution in [-0.4, -0.2) is 31.9 Å². The van der Waals surface area contributed by atoms with Gasteiger partial charge in [0, 0.05) is 12.6 Å². The van der Waals surface area contributed by atoms with E-state index in [1.807, 2.05) is 6.92 Å². The predicted molar refractivity (Wildman–Crippen MR) is 74.9 cm³/mol. The van der Waals surface area contributed by atoms with E-state index in [-0.39, 0.29) is 21.2 Å². The standard InChI is InChI=1S/C10H14Cl2N2O2S2/c1-6-2-7(4-13)5-14(6)18(15,16)8-3-9(11)17-10(8)12/h3,6-7H,2,4-5,13H2,1H3. The van der Waals surface area contributed by atoms with Crippen LogP contribution in [0.2, 0.25) is 8.67 Å². The van der Waals surface area contributed by atoms with Gasteiger partial charge in [-0.25, -0.2) is 8.42 Å². The largest absolute Gasteiger partial charge is 0.330 e. The summed E-state index contributed by atoms with van der Waals surface area (Å²) in [5.74, 6) is 0.211. The van der Waals surface area contributed by atoms with Gasteiger partial charge in [-0.15, -0.1) is 11.3 Å². The van der Waals surface area contributed by atoms with Crippen molar-refractivity contribution in [1.29, 1.82) is 0 Å². The highest BCUT2D eigenvalue weighted by Crippen LogP contribution is 2.38. The molecule has 0 saturated carbocycles. The van der Waals surface area contributed by atoms with Crippen molar-refractivity contribution in [2.45, 2.75) is 24.3 Å². The maximum absolute atomic E-state index is 12.5. The molecular weight excluding hydrogens is 315 g/mol. The number of sulfonamides is 1. The van der Waals surface area contributed by atoms with E-state index in [4.69, 9.17) is 28.9 Å². The number of nitrogens with two attached hydrogens (primary N) is 1. The van der Waals surface area contributed by atoms with Gasteiger partial charge < -0.3 is 5.73 Å². The maximum Gasteiger partial charge on any atom is 0.245 e. The minimum atomic E-state index is -3.57. The first kappa shape index (κ1) is 14.6. The normalized spacial score (nSPS) is 25.8. The second-order valence-corrected chi connectivity index (χ2v) is 8.59. The summed E-state index contributed by atoms with van der Waals surface area (Å²) < 4.78 is 27.0. The number of nitrogens with zero attached hydrogens (tertiary/aromatic N) is 1. The fourth-order valence-corrected chi connectivity index (χ4v) is 6.07. The number of thiophene rings is 1. The van der Waals surface area contributed by atoms with Crippen LogP contribution in [0.5, 0.6) is 0 Å².